The van der Waals surface area contributed by atoms with Crippen LogP contribution in [0.2, 0.25) is 0 Å². The molecule has 0 saturated carbocycles. The number of amidine groups is 1. The first-order valence-electron chi connectivity index (χ1n) is 6.70. The number of nitrogens with one attached hydrogen (secondary N) is 1. The Morgan fingerprint density at radius 3 is 2.90 bits per heavy atom. The SMILES string of the molecule is Cc1c(CN=C2NC(c3ccccc3)CS2)cnn1C. The Kier molecular flexibility index (Phi) is 3.78. The third kappa shape index (κ3) is 2.72. The minimum absolute atomic E-state index is 0.370. The van der Waals surface area contributed by atoms with Gasteiger partial charge in [0.15, 0.2) is 5.17 Å². The zero-order chi connectivity index (χ0) is 13.9. The monoisotopic (exact) mass is 286 g/mol. The summed E-state index contributed by atoms with van der Waals surface area (Å²) >= 11 is 1.79. The van der Waals surface area contributed by atoms with Gasteiger partial charge in [0.2, 0.25) is 0 Å². The predicted molar refractivity (Wildman–Crippen MR) is 83.9 cm³/mol. The molecular formula is C15H18N4S. The van der Waals surface area contributed by atoms with Gasteiger partial charge in [0.05, 0.1) is 18.8 Å². The minimum atomic E-state index is 0.370. The van der Waals surface area contributed by atoms with Crippen LogP contribution in [0.4, 0.5) is 0 Å². The molecule has 104 valence electrons. The van der Waals surface area contributed by atoms with Gasteiger partial charge in [0.25, 0.3) is 0 Å². The van der Waals surface area contributed by atoms with E-state index in [1.54, 1.807) is 11.8 Å². The summed E-state index contributed by atoms with van der Waals surface area (Å²) in [6.45, 7) is 2.76. The Morgan fingerprint density at radius 1 is 1.40 bits per heavy atom. The lowest BCUT2D eigenvalue weighted by Crippen LogP contribution is -2.19. The number of benzene rings is 1. The van der Waals surface area contributed by atoms with Crippen LogP contribution in [0.15, 0.2) is 41.5 Å². The fourth-order valence-corrected chi connectivity index (χ4v) is 3.19. The molecule has 1 aliphatic heterocycles. The number of nitrogens with zero attached hydrogens (tertiary/aromatic N) is 3. The summed E-state index contributed by atoms with van der Waals surface area (Å²) in [5.74, 6) is 1.04. The van der Waals surface area contributed by atoms with E-state index in [4.69, 9.17) is 0 Å². The van der Waals surface area contributed by atoms with Gasteiger partial charge in [-0.05, 0) is 12.5 Å². The Morgan fingerprint density at radius 2 is 2.20 bits per heavy atom. The van der Waals surface area contributed by atoms with Crippen LogP contribution >= 0.6 is 11.8 Å². The number of aliphatic imine (C=N–C) groups is 1. The van der Waals surface area contributed by atoms with Crippen LogP contribution in [-0.2, 0) is 13.6 Å². The maximum atomic E-state index is 4.66. The molecule has 1 N–H and O–H groups in total. The number of thioether (sulfide) groups is 1. The molecule has 1 aliphatic rings. The molecule has 4 nitrogen and oxygen atoms in total. The fraction of sp³-hybridized carbons (Fsp3) is 0.333. The summed E-state index contributed by atoms with van der Waals surface area (Å²) in [4.78, 5) is 4.66. The summed E-state index contributed by atoms with van der Waals surface area (Å²) < 4.78 is 1.89. The topological polar surface area (TPSA) is 42.2 Å². The van der Waals surface area contributed by atoms with Gasteiger partial charge in [0, 0.05) is 24.1 Å². The average molecular weight is 286 g/mol. The van der Waals surface area contributed by atoms with E-state index in [0.717, 1.165) is 10.9 Å². The van der Waals surface area contributed by atoms with Crippen molar-refractivity contribution < 1.29 is 0 Å². The third-order valence-electron chi connectivity index (χ3n) is 3.62. The molecule has 3 rings (SSSR count). The zero-order valence-corrected chi connectivity index (χ0v) is 12.5. The van der Waals surface area contributed by atoms with E-state index in [0.29, 0.717) is 12.6 Å². The summed E-state index contributed by atoms with van der Waals surface area (Å²) in [5.41, 5.74) is 3.69. The number of hydrogen-bond donors (Lipinski definition) is 1. The molecule has 1 saturated heterocycles. The van der Waals surface area contributed by atoms with Crippen LogP contribution in [-0.4, -0.2) is 20.7 Å². The first kappa shape index (κ1) is 13.2. The van der Waals surface area contributed by atoms with Crippen molar-refractivity contribution in [2.45, 2.75) is 19.5 Å². The van der Waals surface area contributed by atoms with Crippen molar-refractivity contribution in [2.75, 3.05) is 5.75 Å². The summed E-state index contributed by atoms with van der Waals surface area (Å²) in [6, 6.07) is 10.9. The number of aryl methyl sites for hydroxylation is 1. The van der Waals surface area contributed by atoms with Gasteiger partial charge in [-0.25, -0.2) is 0 Å². The van der Waals surface area contributed by atoms with E-state index in [2.05, 4.69) is 46.6 Å². The molecule has 0 bridgehead atoms. The number of hydrogen-bond acceptors (Lipinski definition) is 3. The highest BCUT2D eigenvalue weighted by atomic mass is 32.2. The van der Waals surface area contributed by atoms with Gasteiger partial charge >= 0.3 is 0 Å². The Labute approximate surface area is 123 Å². The standard InChI is InChI=1S/C15H18N4S/c1-11-13(9-17-19(11)2)8-16-15-18-14(10-20-15)12-6-4-3-5-7-12/h3-7,9,14H,8,10H2,1-2H3,(H,16,18). The lowest BCUT2D eigenvalue weighted by molar-refractivity contribution is 0.736. The molecule has 0 radical (unpaired) electrons. The van der Waals surface area contributed by atoms with Crippen LogP contribution in [0.5, 0.6) is 0 Å². The van der Waals surface area contributed by atoms with Crippen LogP contribution in [0.1, 0.15) is 22.9 Å². The molecule has 1 unspecified atom stereocenters. The van der Waals surface area contributed by atoms with E-state index in [-0.39, 0.29) is 0 Å². The highest BCUT2D eigenvalue weighted by Crippen LogP contribution is 2.26. The number of rotatable bonds is 3. The van der Waals surface area contributed by atoms with Gasteiger partial charge in [-0.1, -0.05) is 42.1 Å². The lowest BCUT2D eigenvalue weighted by Gasteiger charge is -2.09. The molecule has 2 heterocycles. The Bertz CT molecular complexity index is 618. The highest BCUT2D eigenvalue weighted by Gasteiger charge is 2.21. The molecule has 1 atom stereocenters. The van der Waals surface area contributed by atoms with Crippen molar-refractivity contribution in [1.29, 1.82) is 0 Å². The van der Waals surface area contributed by atoms with Gasteiger partial charge in [-0.3, -0.25) is 9.67 Å². The van der Waals surface area contributed by atoms with Gasteiger partial charge in [-0.15, -0.1) is 0 Å². The first-order chi connectivity index (χ1) is 9.74. The van der Waals surface area contributed by atoms with Crippen molar-refractivity contribution in [3.63, 3.8) is 0 Å². The van der Waals surface area contributed by atoms with Crippen molar-refractivity contribution >= 4 is 16.9 Å². The zero-order valence-electron chi connectivity index (χ0n) is 11.7. The quantitative estimate of drug-likeness (QED) is 0.943. The van der Waals surface area contributed by atoms with E-state index in [1.807, 2.05) is 24.0 Å². The molecular weight excluding hydrogens is 268 g/mol. The second-order valence-electron chi connectivity index (χ2n) is 4.92. The van der Waals surface area contributed by atoms with E-state index in [9.17, 15) is 0 Å². The van der Waals surface area contributed by atoms with Gasteiger partial charge in [0.1, 0.15) is 0 Å². The van der Waals surface area contributed by atoms with Gasteiger partial charge in [-0.2, -0.15) is 5.10 Å². The second-order valence-corrected chi connectivity index (χ2v) is 5.93. The van der Waals surface area contributed by atoms with Crippen LogP contribution in [0.25, 0.3) is 0 Å². The first-order valence-corrected chi connectivity index (χ1v) is 7.69. The van der Waals surface area contributed by atoms with Crippen molar-refractivity contribution in [1.82, 2.24) is 15.1 Å². The molecule has 5 heteroatoms. The maximum absolute atomic E-state index is 4.66. The summed E-state index contributed by atoms with van der Waals surface area (Å²) in [5, 5.41) is 8.76. The molecule has 0 spiro atoms. The highest BCUT2D eigenvalue weighted by molar-refractivity contribution is 8.14. The molecule has 1 aromatic carbocycles. The summed E-state index contributed by atoms with van der Waals surface area (Å²) in [6.07, 6.45) is 1.90. The molecule has 1 fully saturated rings. The van der Waals surface area contributed by atoms with Crippen molar-refractivity contribution in [3.05, 3.63) is 53.3 Å². The second kappa shape index (κ2) is 5.71. The van der Waals surface area contributed by atoms with E-state index in [1.165, 1.54) is 16.8 Å². The maximum Gasteiger partial charge on any atom is 0.157 e. The van der Waals surface area contributed by atoms with Crippen molar-refractivity contribution in [3.8, 4) is 0 Å². The lowest BCUT2D eigenvalue weighted by atomic mass is 10.1. The third-order valence-corrected chi connectivity index (χ3v) is 4.64. The molecule has 0 amide bonds. The van der Waals surface area contributed by atoms with E-state index >= 15 is 0 Å². The largest absolute Gasteiger partial charge is 0.357 e. The van der Waals surface area contributed by atoms with Gasteiger partial charge < -0.3 is 5.32 Å². The van der Waals surface area contributed by atoms with Crippen molar-refractivity contribution in [2.24, 2.45) is 12.0 Å². The molecule has 1 aromatic heterocycles. The minimum Gasteiger partial charge on any atom is -0.357 e. The van der Waals surface area contributed by atoms with Crippen LogP contribution < -0.4 is 5.32 Å². The average Bonchev–Trinajstić information content (AvgIpc) is 3.07. The molecule has 0 aliphatic carbocycles. The van der Waals surface area contributed by atoms with Crippen LogP contribution in [0.3, 0.4) is 0 Å². The normalized spacial score (nSPS) is 20.3. The summed E-state index contributed by atoms with van der Waals surface area (Å²) in [7, 11) is 1.96. The Balaban J connectivity index is 1.65. The number of aromatic nitrogens is 2. The predicted octanol–water partition coefficient (Wildman–Crippen LogP) is 2.66. The molecule has 20 heavy (non-hydrogen) atoms. The fourth-order valence-electron chi connectivity index (χ4n) is 2.21. The van der Waals surface area contributed by atoms with Crippen LogP contribution in [0, 0.1) is 6.92 Å². The van der Waals surface area contributed by atoms with E-state index < -0.39 is 0 Å². The Hall–Kier alpha value is -1.75. The smallest absolute Gasteiger partial charge is 0.157 e. The molecule has 2 aromatic rings.